The van der Waals surface area contributed by atoms with Gasteiger partial charge in [-0.05, 0) is 58.2 Å². The maximum atomic E-state index is 12.5. The largest absolute Gasteiger partial charge is 0.444 e. The molecule has 0 saturated carbocycles. The molecule has 1 fully saturated rings. The number of benzene rings is 1. The van der Waals surface area contributed by atoms with Crippen molar-refractivity contribution in [2.75, 3.05) is 24.1 Å². The van der Waals surface area contributed by atoms with E-state index in [2.05, 4.69) is 15.3 Å². The molecular weight excluding hydrogens is 330 g/mol. The van der Waals surface area contributed by atoms with Crippen molar-refractivity contribution >= 4 is 28.6 Å². The van der Waals surface area contributed by atoms with Crippen molar-refractivity contribution < 1.29 is 9.53 Å². The fourth-order valence-electron chi connectivity index (χ4n) is 3.11. The highest BCUT2D eigenvalue weighted by molar-refractivity contribution is 5.79. The van der Waals surface area contributed by atoms with E-state index in [-0.39, 0.29) is 12.1 Å². The molecule has 1 aliphatic heterocycles. The smallest absolute Gasteiger partial charge is 0.410 e. The first-order valence-electron chi connectivity index (χ1n) is 9.07. The van der Waals surface area contributed by atoms with Crippen molar-refractivity contribution in [3.05, 3.63) is 24.4 Å². The Morgan fingerprint density at radius 3 is 2.92 bits per heavy atom. The highest BCUT2D eigenvalue weighted by atomic mass is 16.6. The van der Waals surface area contributed by atoms with Crippen LogP contribution in [0.1, 0.15) is 40.0 Å². The number of amides is 1. The Balaban J connectivity index is 1.66. The van der Waals surface area contributed by atoms with Crippen LogP contribution < -0.4 is 11.1 Å². The number of fused-ring (bicyclic) bond motifs is 1. The minimum Gasteiger partial charge on any atom is -0.444 e. The standard InChI is InChI=1S/C19H27N5O2/c1-19(2,3)26-18(25)24-9-5-4-6-14(24)11-22-17-12-21-16-10-13(20)7-8-15(16)23-17/h7-8,10,12,14H,4-6,9,11,20H2,1-3H3,(H,22,23). The van der Waals surface area contributed by atoms with Gasteiger partial charge in [0.1, 0.15) is 11.4 Å². The van der Waals surface area contributed by atoms with Gasteiger partial charge < -0.3 is 20.7 Å². The zero-order valence-electron chi connectivity index (χ0n) is 15.7. The Morgan fingerprint density at radius 1 is 1.35 bits per heavy atom. The summed E-state index contributed by atoms with van der Waals surface area (Å²) in [6, 6.07) is 5.56. The molecule has 26 heavy (non-hydrogen) atoms. The predicted molar refractivity (Wildman–Crippen MR) is 103 cm³/mol. The summed E-state index contributed by atoms with van der Waals surface area (Å²) in [6.07, 6.45) is 4.51. The van der Waals surface area contributed by atoms with Crippen LogP contribution in [-0.2, 0) is 4.74 Å². The number of carbonyl (C=O) groups is 1. The van der Waals surface area contributed by atoms with Crippen LogP contribution in [0.2, 0.25) is 0 Å². The summed E-state index contributed by atoms with van der Waals surface area (Å²) < 4.78 is 5.55. The number of carbonyl (C=O) groups excluding carboxylic acids is 1. The number of nitrogens with two attached hydrogens (primary N) is 1. The zero-order valence-corrected chi connectivity index (χ0v) is 15.7. The molecule has 140 valence electrons. The first-order chi connectivity index (χ1) is 12.3. The van der Waals surface area contributed by atoms with Gasteiger partial charge in [-0.1, -0.05) is 0 Å². The Labute approximate surface area is 153 Å². The minimum atomic E-state index is -0.488. The van der Waals surface area contributed by atoms with Crippen LogP contribution in [0.3, 0.4) is 0 Å². The van der Waals surface area contributed by atoms with Crippen LogP contribution in [0.4, 0.5) is 16.3 Å². The molecule has 0 radical (unpaired) electrons. The van der Waals surface area contributed by atoms with E-state index in [9.17, 15) is 4.79 Å². The van der Waals surface area contributed by atoms with Crippen molar-refractivity contribution in [3.8, 4) is 0 Å². The summed E-state index contributed by atoms with van der Waals surface area (Å²) in [5.74, 6) is 0.692. The second-order valence-electron chi connectivity index (χ2n) is 7.71. The maximum absolute atomic E-state index is 12.5. The van der Waals surface area contributed by atoms with E-state index in [1.165, 1.54) is 0 Å². The van der Waals surface area contributed by atoms with Gasteiger partial charge in [-0.3, -0.25) is 4.98 Å². The van der Waals surface area contributed by atoms with Gasteiger partial charge in [0.25, 0.3) is 0 Å². The van der Waals surface area contributed by atoms with Crippen molar-refractivity contribution in [1.82, 2.24) is 14.9 Å². The monoisotopic (exact) mass is 357 g/mol. The summed E-state index contributed by atoms with van der Waals surface area (Å²) >= 11 is 0. The number of ether oxygens (including phenoxy) is 1. The summed E-state index contributed by atoms with van der Waals surface area (Å²) in [5, 5.41) is 3.31. The summed E-state index contributed by atoms with van der Waals surface area (Å²) in [6.45, 7) is 7.01. The molecule has 2 aromatic rings. The van der Waals surface area contributed by atoms with Gasteiger partial charge in [0, 0.05) is 18.8 Å². The highest BCUT2D eigenvalue weighted by Crippen LogP contribution is 2.21. The van der Waals surface area contributed by atoms with Crippen molar-refractivity contribution in [3.63, 3.8) is 0 Å². The summed E-state index contributed by atoms with van der Waals surface area (Å²) in [4.78, 5) is 23.3. The van der Waals surface area contributed by atoms with Gasteiger partial charge in [-0.2, -0.15) is 0 Å². The molecule has 1 aromatic carbocycles. The van der Waals surface area contributed by atoms with Gasteiger partial charge in [0.2, 0.25) is 0 Å². The number of piperidine rings is 1. The van der Waals surface area contributed by atoms with E-state index in [1.807, 2.05) is 37.8 Å². The van der Waals surface area contributed by atoms with E-state index < -0.39 is 5.60 Å². The topological polar surface area (TPSA) is 93.4 Å². The third-order valence-corrected chi connectivity index (χ3v) is 4.34. The van der Waals surface area contributed by atoms with E-state index in [4.69, 9.17) is 10.5 Å². The van der Waals surface area contributed by atoms with Crippen molar-refractivity contribution in [2.45, 2.75) is 51.7 Å². The fourth-order valence-corrected chi connectivity index (χ4v) is 3.11. The minimum absolute atomic E-state index is 0.0857. The molecule has 7 nitrogen and oxygen atoms in total. The molecule has 3 N–H and O–H groups in total. The number of nitrogen functional groups attached to an aromatic ring is 1. The average Bonchev–Trinajstić information content (AvgIpc) is 2.58. The zero-order chi connectivity index (χ0) is 18.7. The Kier molecular flexibility index (Phi) is 5.15. The number of likely N-dealkylation sites (tertiary alicyclic amines) is 1. The molecule has 2 heterocycles. The molecule has 0 bridgehead atoms. The van der Waals surface area contributed by atoms with E-state index >= 15 is 0 Å². The molecule has 1 aliphatic rings. The van der Waals surface area contributed by atoms with Gasteiger partial charge in [-0.25, -0.2) is 9.78 Å². The van der Waals surface area contributed by atoms with Crippen LogP contribution in [-0.4, -0.2) is 45.7 Å². The third-order valence-electron chi connectivity index (χ3n) is 4.34. The summed E-state index contributed by atoms with van der Waals surface area (Å²) in [5.41, 5.74) is 7.51. The number of anilines is 2. The van der Waals surface area contributed by atoms with Gasteiger partial charge >= 0.3 is 6.09 Å². The SMILES string of the molecule is CC(C)(C)OC(=O)N1CCCCC1CNc1cnc2cc(N)ccc2n1. The molecule has 0 spiro atoms. The molecule has 3 rings (SSSR count). The van der Waals surface area contributed by atoms with E-state index in [1.54, 1.807) is 12.3 Å². The van der Waals surface area contributed by atoms with Crippen LogP contribution in [0.25, 0.3) is 11.0 Å². The second kappa shape index (κ2) is 7.35. The van der Waals surface area contributed by atoms with Crippen LogP contribution in [0.15, 0.2) is 24.4 Å². The van der Waals surface area contributed by atoms with Gasteiger partial charge in [0.05, 0.1) is 23.3 Å². The molecular formula is C19H27N5O2. The quantitative estimate of drug-likeness (QED) is 0.818. The van der Waals surface area contributed by atoms with Crippen molar-refractivity contribution in [2.24, 2.45) is 0 Å². The van der Waals surface area contributed by atoms with Gasteiger partial charge in [0.15, 0.2) is 0 Å². The first-order valence-corrected chi connectivity index (χ1v) is 9.07. The van der Waals surface area contributed by atoms with Crippen molar-refractivity contribution in [1.29, 1.82) is 0 Å². The van der Waals surface area contributed by atoms with Crippen LogP contribution in [0.5, 0.6) is 0 Å². The van der Waals surface area contributed by atoms with E-state index in [0.29, 0.717) is 18.1 Å². The van der Waals surface area contributed by atoms with Crippen LogP contribution in [0, 0.1) is 0 Å². The lowest BCUT2D eigenvalue weighted by Crippen LogP contribution is -2.48. The Morgan fingerprint density at radius 2 is 2.15 bits per heavy atom. The number of nitrogens with one attached hydrogen (secondary N) is 1. The van der Waals surface area contributed by atoms with Crippen LogP contribution >= 0.6 is 0 Å². The second-order valence-corrected chi connectivity index (χ2v) is 7.71. The molecule has 7 heteroatoms. The molecule has 1 amide bonds. The molecule has 1 saturated heterocycles. The van der Waals surface area contributed by atoms with Gasteiger partial charge in [-0.15, -0.1) is 0 Å². The number of nitrogens with zero attached hydrogens (tertiary/aromatic N) is 3. The molecule has 1 atom stereocenters. The number of aromatic nitrogens is 2. The first kappa shape index (κ1) is 18.2. The lowest BCUT2D eigenvalue weighted by molar-refractivity contribution is 0.0114. The number of rotatable bonds is 3. The lowest BCUT2D eigenvalue weighted by atomic mass is 10.0. The molecule has 1 aromatic heterocycles. The Hall–Kier alpha value is -2.57. The normalized spacial score (nSPS) is 18.0. The number of hydrogen-bond donors (Lipinski definition) is 2. The molecule has 0 aliphatic carbocycles. The maximum Gasteiger partial charge on any atom is 0.410 e. The Bertz CT molecular complexity index is 787. The number of hydrogen-bond acceptors (Lipinski definition) is 6. The lowest BCUT2D eigenvalue weighted by Gasteiger charge is -2.36. The summed E-state index contributed by atoms with van der Waals surface area (Å²) in [7, 11) is 0. The fraction of sp³-hybridized carbons (Fsp3) is 0.526. The highest BCUT2D eigenvalue weighted by Gasteiger charge is 2.30. The average molecular weight is 357 g/mol. The molecule has 1 unspecified atom stereocenters. The van der Waals surface area contributed by atoms with E-state index in [0.717, 1.165) is 36.8 Å². The predicted octanol–water partition coefficient (Wildman–Crippen LogP) is 3.41. The third kappa shape index (κ3) is 4.53.